The Kier molecular flexibility index (Phi) is 5.57. The van der Waals surface area contributed by atoms with Gasteiger partial charge in [0.1, 0.15) is 13.2 Å². The van der Waals surface area contributed by atoms with Crippen LogP contribution in [0, 0.1) is 11.3 Å². The molecule has 9 nitrogen and oxygen atoms in total. The molecule has 2 aromatic rings. The first-order valence-electron chi connectivity index (χ1n) is 9.29. The summed E-state index contributed by atoms with van der Waals surface area (Å²) in [6.07, 6.45) is 0.121. The first kappa shape index (κ1) is 19.4. The molecule has 0 fully saturated rings. The Morgan fingerprint density at radius 3 is 2.50 bits per heavy atom. The Morgan fingerprint density at radius 2 is 1.67 bits per heavy atom. The summed E-state index contributed by atoms with van der Waals surface area (Å²) < 4.78 is 26.7. The van der Waals surface area contributed by atoms with Crippen LogP contribution in [-0.2, 0) is 9.53 Å². The number of ether oxygens (including phenoxy) is 5. The summed E-state index contributed by atoms with van der Waals surface area (Å²) in [5.41, 5.74) is 0.772. The summed E-state index contributed by atoms with van der Waals surface area (Å²) in [6.45, 7) is 0.633. The fraction of sp³-hybridized carbons (Fsp3) is 0.286. The quantitative estimate of drug-likeness (QED) is 0.668. The summed E-state index contributed by atoms with van der Waals surface area (Å²) >= 11 is 0. The van der Waals surface area contributed by atoms with E-state index in [4.69, 9.17) is 28.9 Å². The van der Waals surface area contributed by atoms with Crippen molar-refractivity contribution in [1.29, 1.82) is 5.26 Å². The number of benzene rings is 2. The van der Waals surface area contributed by atoms with Gasteiger partial charge in [-0.25, -0.2) is 4.79 Å². The molecule has 9 heteroatoms. The molecule has 0 saturated heterocycles. The summed E-state index contributed by atoms with van der Waals surface area (Å²) in [6, 6.07) is 11.7. The number of hydrogen-bond donors (Lipinski definition) is 0. The molecular formula is C21H18N2O7. The number of amides is 1. The molecule has 30 heavy (non-hydrogen) atoms. The summed E-state index contributed by atoms with van der Waals surface area (Å²) in [5.74, 6) is 0.976. The molecule has 0 aromatic heterocycles. The largest absolute Gasteiger partial charge is 0.486 e. The van der Waals surface area contributed by atoms with Crippen molar-refractivity contribution in [2.45, 2.75) is 6.42 Å². The topological polar surface area (TPSA) is 107 Å². The van der Waals surface area contributed by atoms with E-state index in [1.807, 2.05) is 6.07 Å². The molecule has 2 heterocycles. The molecular weight excluding hydrogens is 392 g/mol. The van der Waals surface area contributed by atoms with Gasteiger partial charge in [0.05, 0.1) is 18.1 Å². The third-order valence-corrected chi connectivity index (χ3v) is 4.52. The van der Waals surface area contributed by atoms with Crippen LogP contribution < -0.4 is 23.8 Å². The Bertz CT molecular complexity index is 1010. The maximum Gasteiger partial charge on any atom is 0.338 e. The van der Waals surface area contributed by atoms with Crippen molar-refractivity contribution < 1.29 is 33.3 Å². The van der Waals surface area contributed by atoms with Crippen molar-refractivity contribution in [2.75, 3.05) is 38.1 Å². The van der Waals surface area contributed by atoms with Crippen molar-refractivity contribution in [2.24, 2.45) is 0 Å². The van der Waals surface area contributed by atoms with Gasteiger partial charge in [-0.2, -0.15) is 5.26 Å². The molecule has 154 valence electrons. The van der Waals surface area contributed by atoms with Crippen molar-refractivity contribution >= 4 is 17.6 Å². The van der Waals surface area contributed by atoms with Crippen LogP contribution in [0.1, 0.15) is 16.8 Å². The SMILES string of the molecule is N#CCCN(C(=O)COC(=O)c1ccc2c(c1)OCO2)c1ccc2c(c1)OCCO2. The monoisotopic (exact) mass is 410 g/mol. The van der Waals surface area contributed by atoms with Crippen LogP contribution in [-0.4, -0.2) is 45.0 Å². The lowest BCUT2D eigenvalue weighted by Crippen LogP contribution is -2.35. The molecule has 0 bridgehead atoms. The average Bonchev–Trinajstić information content (AvgIpc) is 3.25. The average molecular weight is 410 g/mol. The van der Waals surface area contributed by atoms with Gasteiger partial charge in [0.25, 0.3) is 5.91 Å². The van der Waals surface area contributed by atoms with Crippen molar-refractivity contribution in [3.63, 3.8) is 0 Å². The molecule has 0 unspecified atom stereocenters. The van der Waals surface area contributed by atoms with Gasteiger partial charge in [0.15, 0.2) is 29.6 Å². The normalized spacial score (nSPS) is 13.3. The molecule has 2 aliphatic heterocycles. The molecule has 0 atom stereocenters. The zero-order chi connectivity index (χ0) is 20.9. The molecule has 1 amide bonds. The maximum absolute atomic E-state index is 12.8. The van der Waals surface area contributed by atoms with Crippen LogP contribution in [0.4, 0.5) is 5.69 Å². The Hall–Kier alpha value is -3.93. The highest BCUT2D eigenvalue weighted by molar-refractivity contribution is 5.97. The number of nitrogens with zero attached hydrogens (tertiary/aromatic N) is 2. The molecule has 0 aliphatic carbocycles. The van der Waals surface area contributed by atoms with Gasteiger partial charge in [-0.15, -0.1) is 0 Å². The summed E-state index contributed by atoms with van der Waals surface area (Å²) in [4.78, 5) is 26.5. The Morgan fingerprint density at radius 1 is 0.967 bits per heavy atom. The second-order valence-corrected chi connectivity index (χ2v) is 6.43. The number of esters is 1. The number of hydrogen-bond acceptors (Lipinski definition) is 8. The molecule has 4 rings (SSSR count). The lowest BCUT2D eigenvalue weighted by atomic mass is 10.2. The van der Waals surface area contributed by atoms with Crippen molar-refractivity contribution in [3.8, 4) is 29.1 Å². The van der Waals surface area contributed by atoms with Gasteiger partial charge >= 0.3 is 5.97 Å². The third-order valence-electron chi connectivity index (χ3n) is 4.52. The second-order valence-electron chi connectivity index (χ2n) is 6.43. The second kappa shape index (κ2) is 8.61. The third kappa shape index (κ3) is 4.07. The highest BCUT2D eigenvalue weighted by Crippen LogP contribution is 2.34. The van der Waals surface area contributed by atoms with E-state index in [0.29, 0.717) is 41.9 Å². The van der Waals surface area contributed by atoms with E-state index in [0.717, 1.165) is 0 Å². The molecule has 0 spiro atoms. The van der Waals surface area contributed by atoms with E-state index in [1.165, 1.54) is 17.0 Å². The first-order chi connectivity index (χ1) is 14.7. The van der Waals surface area contributed by atoms with E-state index < -0.39 is 18.5 Å². The van der Waals surface area contributed by atoms with Gasteiger partial charge < -0.3 is 28.6 Å². The highest BCUT2D eigenvalue weighted by Gasteiger charge is 2.22. The van der Waals surface area contributed by atoms with E-state index >= 15 is 0 Å². The van der Waals surface area contributed by atoms with E-state index in [1.54, 1.807) is 24.3 Å². The Balaban J connectivity index is 1.44. The van der Waals surface area contributed by atoms with Crippen LogP contribution in [0.3, 0.4) is 0 Å². The van der Waals surface area contributed by atoms with Gasteiger partial charge in [0, 0.05) is 18.3 Å². The van der Waals surface area contributed by atoms with E-state index in [2.05, 4.69) is 0 Å². The molecule has 2 aromatic carbocycles. The fourth-order valence-corrected chi connectivity index (χ4v) is 3.07. The molecule has 0 saturated carbocycles. The van der Waals surface area contributed by atoms with Crippen LogP contribution in [0.25, 0.3) is 0 Å². The summed E-state index contributed by atoms with van der Waals surface area (Å²) in [7, 11) is 0. The maximum atomic E-state index is 12.8. The van der Waals surface area contributed by atoms with Crippen molar-refractivity contribution in [1.82, 2.24) is 0 Å². The molecule has 0 N–H and O–H groups in total. The smallest absolute Gasteiger partial charge is 0.338 e. The van der Waals surface area contributed by atoms with Crippen molar-refractivity contribution in [3.05, 3.63) is 42.0 Å². The standard InChI is InChI=1S/C21H18N2O7/c22-6-1-7-23(15-3-5-16-19(11-15)27-9-8-26-16)20(24)12-28-21(25)14-2-4-17-18(10-14)30-13-29-17/h2-5,10-11H,1,7-9,12-13H2. The van der Waals surface area contributed by atoms with Gasteiger partial charge in [-0.1, -0.05) is 0 Å². The fourth-order valence-electron chi connectivity index (χ4n) is 3.07. The van der Waals surface area contributed by atoms with Gasteiger partial charge in [0.2, 0.25) is 6.79 Å². The number of nitriles is 1. The number of anilines is 1. The van der Waals surface area contributed by atoms with Gasteiger partial charge in [-0.3, -0.25) is 4.79 Å². The lowest BCUT2D eigenvalue weighted by molar-refractivity contribution is -0.121. The zero-order valence-electron chi connectivity index (χ0n) is 16.0. The zero-order valence-corrected chi connectivity index (χ0v) is 16.0. The Labute approximate surface area is 172 Å². The van der Waals surface area contributed by atoms with Crippen LogP contribution in [0.2, 0.25) is 0 Å². The van der Waals surface area contributed by atoms with E-state index in [9.17, 15) is 9.59 Å². The molecule has 2 aliphatic rings. The minimum atomic E-state index is -0.663. The molecule has 0 radical (unpaired) electrons. The lowest BCUT2D eigenvalue weighted by Gasteiger charge is -2.24. The minimum absolute atomic E-state index is 0.0930. The van der Waals surface area contributed by atoms with Crippen LogP contribution >= 0.6 is 0 Å². The number of carbonyl (C=O) groups is 2. The summed E-state index contributed by atoms with van der Waals surface area (Å²) in [5, 5.41) is 8.94. The number of rotatable bonds is 6. The number of carbonyl (C=O) groups excluding carboxylic acids is 2. The predicted molar refractivity (Wildman–Crippen MR) is 103 cm³/mol. The van der Waals surface area contributed by atoms with Gasteiger partial charge in [-0.05, 0) is 30.3 Å². The van der Waals surface area contributed by atoms with Crippen LogP contribution in [0.15, 0.2) is 36.4 Å². The number of fused-ring (bicyclic) bond motifs is 2. The minimum Gasteiger partial charge on any atom is -0.486 e. The highest BCUT2D eigenvalue weighted by atomic mass is 16.7. The van der Waals surface area contributed by atoms with Crippen LogP contribution in [0.5, 0.6) is 23.0 Å². The van der Waals surface area contributed by atoms with E-state index in [-0.39, 0.29) is 25.3 Å². The first-order valence-corrected chi connectivity index (χ1v) is 9.29. The predicted octanol–water partition coefficient (Wildman–Crippen LogP) is 2.29.